The smallest absolute Gasteiger partial charge is 0.0166 e. The fourth-order valence-corrected chi connectivity index (χ4v) is 2.05. The number of nitrogens with two attached hydrogens (primary N) is 1. The van der Waals surface area contributed by atoms with Crippen molar-refractivity contribution in [1.29, 1.82) is 0 Å². The van der Waals surface area contributed by atoms with Crippen LogP contribution in [0.25, 0.3) is 0 Å². The Morgan fingerprint density at radius 2 is 2.14 bits per heavy atom. The summed E-state index contributed by atoms with van der Waals surface area (Å²) in [5.41, 5.74) is 6.36. The molecule has 1 aliphatic rings. The van der Waals surface area contributed by atoms with Crippen LogP contribution in [-0.4, -0.2) is 30.1 Å². The minimum absolute atomic E-state index is 0.174. The van der Waals surface area contributed by atoms with Crippen molar-refractivity contribution in [2.24, 2.45) is 5.73 Å². The molecule has 0 aliphatic heterocycles. The highest BCUT2D eigenvalue weighted by Gasteiger charge is 2.32. The maximum absolute atomic E-state index is 6.19. The summed E-state index contributed by atoms with van der Waals surface area (Å²) < 4.78 is 0. The normalized spacial score (nSPS) is 19.4. The summed E-state index contributed by atoms with van der Waals surface area (Å²) in [4.78, 5) is 2.44. The fourth-order valence-electron chi connectivity index (χ4n) is 2.05. The van der Waals surface area contributed by atoms with Crippen molar-refractivity contribution >= 4 is 0 Å². The first kappa shape index (κ1) is 11.7. The molecule has 0 bridgehead atoms. The Morgan fingerprint density at radius 1 is 1.43 bits per heavy atom. The minimum atomic E-state index is 0.174. The van der Waals surface area contributed by atoms with Gasteiger partial charge in [0.2, 0.25) is 0 Å². The molecular weight excluding hydrogens is 172 g/mol. The molecule has 0 radical (unpaired) electrons. The van der Waals surface area contributed by atoms with Crippen LogP contribution >= 0.6 is 0 Å². The molecule has 14 heavy (non-hydrogen) atoms. The third kappa shape index (κ3) is 3.43. The predicted molar refractivity (Wildman–Crippen MR) is 62.3 cm³/mol. The molecule has 0 atom stereocenters. The van der Waals surface area contributed by atoms with Crippen LogP contribution in [0.3, 0.4) is 0 Å². The summed E-state index contributed by atoms with van der Waals surface area (Å²) >= 11 is 0. The van der Waals surface area contributed by atoms with Crippen LogP contribution in [0.1, 0.15) is 39.0 Å². The van der Waals surface area contributed by atoms with Gasteiger partial charge in [-0.25, -0.2) is 0 Å². The van der Waals surface area contributed by atoms with Gasteiger partial charge in [-0.1, -0.05) is 13.0 Å². The largest absolute Gasteiger partial charge is 0.325 e. The SMILES string of the molecule is C=CCN(CCC)CCC1(N)CCC1. The molecule has 0 spiro atoms. The standard InChI is InChI=1S/C12H24N2/c1-3-9-14(10-4-2)11-8-12(13)6-5-7-12/h3H,1,4-11,13H2,2H3. The monoisotopic (exact) mass is 196 g/mol. The molecule has 1 fully saturated rings. The van der Waals surface area contributed by atoms with Crippen LogP contribution in [0.4, 0.5) is 0 Å². The van der Waals surface area contributed by atoms with E-state index in [1.807, 2.05) is 6.08 Å². The highest BCUT2D eigenvalue weighted by molar-refractivity contribution is 4.93. The van der Waals surface area contributed by atoms with Gasteiger partial charge in [-0.15, -0.1) is 6.58 Å². The Kier molecular flexibility index (Phi) is 4.63. The molecule has 0 amide bonds. The number of hydrogen-bond donors (Lipinski definition) is 1. The Bertz CT molecular complexity index is 173. The van der Waals surface area contributed by atoms with Crippen LogP contribution < -0.4 is 5.73 Å². The van der Waals surface area contributed by atoms with Crippen molar-refractivity contribution < 1.29 is 0 Å². The molecular formula is C12H24N2. The number of hydrogen-bond acceptors (Lipinski definition) is 2. The third-order valence-corrected chi connectivity index (χ3v) is 3.20. The molecule has 0 heterocycles. The Morgan fingerprint density at radius 3 is 2.57 bits per heavy atom. The number of nitrogens with zero attached hydrogens (tertiary/aromatic N) is 1. The summed E-state index contributed by atoms with van der Waals surface area (Å²) in [5, 5.41) is 0. The van der Waals surface area contributed by atoms with Gasteiger partial charge in [0.1, 0.15) is 0 Å². The van der Waals surface area contributed by atoms with Crippen LogP contribution in [0.15, 0.2) is 12.7 Å². The molecule has 0 unspecified atom stereocenters. The molecule has 2 nitrogen and oxygen atoms in total. The van der Waals surface area contributed by atoms with Crippen molar-refractivity contribution in [1.82, 2.24) is 4.90 Å². The highest BCUT2D eigenvalue weighted by atomic mass is 15.1. The summed E-state index contributed by atoms with van der Waals surface area (Å²) in [6, 6.07) is 0. The van der Waals surface area contributed by atoms with E-state index in [0.717, 1.165) is 19.5 Å². The zero-order chi connectivity index (χ0) is 10.4. The van der Waals surface area contributed by atoms with Gasteiger partial charge in [-0.05, 0) is 38.6 Å². The van der Waals surface area contributed by atoms with E-state index in [2.05, 4.69) is 18.4 Å². The molecule has 0 aromatic carbocycles. The van der Waals surface area contributed by atoms with Crippen molar-refractivity contribution in [2.45, 2.75) is 44.6 Å². The van der Waals surface area contributed by atoms with E-state index in [9.17, 15) is 0 Å². The lowest BCUT2D eigenvalue weighted by atomic mass is 9.75. The van der Waals surface area contributed by atoms with E-state index < -0.39 is 0 Å². The molecule has 82 valence electrons. The van der Waals surface area contributed by atoms with Crippen molar-refractivity contribution in [3.8, 4) is 0 Å². The van der Waals surface area contributed by atoms with Gasteiger partial charge in [0.25, 0.3) is 0 Å². The molecule has 1 rings (SSSR count). The summed E-state index contributed by atoms with van der Waals surface area (Å²) in [5.74, 6) is 0. The van der Waals surface area contributed by atoms with E-state index >= 15 is 0 Å². The predicted octanol–water partition coefficient (Wildman–Crippen LogP) is 2.16. The van der Waals surface area contributed by atoms with Gasteiger partial charge < -0.3 is 5.73 Å². The average Bonchev–Trinajstić information content (AvgIpc) is 2.12. The third-order valence-electron chi connectivity index (χ3n) is 3.20. The van der Waals surface area contributed by atoms with Crippen molar-refractivity contribution in [2.75, 3.05) is 19.6 Å². The van der Waals surface area contributed by atoms with Gasteiger partial charge >= 0.3 is 0 Å². The highest BCUT2D eigenvalue weighted by Crippen LogP contribution is 2.32. The summed E-state index contributed by atoms with van der Waals surface area (Å²) in [7, 11) is 0. The average molecular weight is 196 g/mol. The van der Waals surface area contributed by atoms with Gasteiger partial charge in [0.15, 0.2) is 0 Å². The Labute approximate surface area is 88.2 Å². The van der Waals surface area contributed by atoms with Gasteiger partial charge in [0.05, 0.1) is 0 Å². The van der Waals surface area contributed by atoms with Crippen LogP contribution in [0.2, 0.25) is 0 Å². The van der Waals surface area contributed by atoms with Crippen LogP contribution in [0.5, 0.6) is 0 Å². The summed E-state index contributed by atoms with van der Waals surface area (Å²) in [6.07, 6.45) is 8.12. The van der Waals surface area contributed by atoms with E-state index in [-0.39, 0.29) is 5.54 Å². The van der Waals surface area contributed by atoms with Crippen LogP contribution in [-0.2, 0) is 0 Å². The van der Waals surface area contributed by atoms with E-state index in [4.69, 9.17) is 5.73 Å². The molecule has 0 saturated heterocycles. The van der Waals surface area contributed by atoms with Gasteiger partial charge in [0, 0.05) is 18.6 Å². The van der Waals surface area contributed by atoms with Crippen molar-refractivity contribution in [3.63, 3.8) is 0 Å². The van der Waals surface area contributed by atoms with E-state index in [0.29, 0.717) is 0 Å². The molecule has 0 aromatic rings. The second kappa shape index (κ2) is 5.52. The first-order valence-electron chi connectivity index (χ1n) is 5.82. The van der Waals surface area contributed by atoms with Gasteiger partial charge in [-0.3, -0.25) is 4.90 Å². The Hall–Kier alpha value is -0.340. The second-order valence-corrected chi connectivity index (χ2v) is 4.56. The Balaban J connectivity index is 2.21. The molecule has 1 saturated carbocycles. The van der Waals surface area contributed by atoms with Crippen LogP contribution in [0, 0.1) is 0 Å². The zero-order valence-electron chi connectivity index (χ0n) is 9.47. The minimum Gasteiger partial charge on any atom is -0.325 e. The molecule has 0 aromatic heterocycles. The lowest BCUT2D eigenvalue weighted by Gasteiger charge is -2.39. The first-order valence-corrected chi connectivity index (χ1v) is 5.82. The molecule has 1 aliphatic carbocycles. The first-order chi connectivity index (χ1) is 6.70. The van der Waals surface area contributed by atoms with E-state index in [1.165, 1.54) is 32.2 Å². The topological polar surface area (TPSA) is 29.3 Å². The number of rotatable bonds is 7. The lowest BCUT2D eigenvalue weighted by Crippen LogP contribution is -2.48. The fraction of sp³-hybridized carbons (Fsp3) is 0.833. The van der Waals surface area contributed by atoms with Gasteiger partial charge in [-0.2, -0.15) is 0 Å². The maximum atomic E-state index is 6.19. The van der Waals surface area contributed by atoms with E-state index in [1.54, 1.807) is 0 Å². The molecule has 2 heteroatoms. The van der Waals surface area contributed by atoms with Crippen molar-refractivity contribution in [3.05, 3.63) is 12.7 Å². The maximum Gasteiger partial charge on any atom is 0.0166 e. The zero-order valence-corrected chi connectivity index (χ0v) is 9.47. The molecule has 2 N–H and O–H groups in total. The summed E-state index contributed by atoms with van der Waals surface area (Å²) in [6.45, 7) is 9.32. The quantitative estimate of drug-likeness (QED) is 0.632. The second-order valence-electron chi connectivity index (χ2n) is 4.56. The lowest BCUT2D eigenvalue weighted by molar-refractivity contribution is 0.189.